The maximum atomic E-state index is 11.7. The van der Waals surface area contributed by atoms with Gasteiger partial charge in [0.05, 0.1) is 5.69 Å². The highest BCUT2D eigenvalue weighted by Gasteiger charge is 2.05. The average Bonchev–Trinajstić information content (AvgIpc) is 2.86. The van der Waals surface area contributed by atoms with Gasteiger partial charge in [0.1, 0.15) is 5.75 Å². The van der Waals surface area contributed by atoms with Crippen LogP contribution in [-0.2, 0) is 11.3 Å². The number of carbonyl (C=O) groups is 2. The van der Waals surface area contributed by atoms with Gasteiger partial charge in [-0.3, -0.25) is 9.59 Å². The minimum Gasteiger partial charge on any atom is -0.508 e. The van der Waals surface area contributed by atoms with Gasteiger partial charge in [0, 0.05) is 24.8 Å². The molecular weight excluding hydrogens is 244 g/mol. The summed E-state index contributed by atoms with van der Waals surface area (Å²) >= 11 is 0. The number of rotatable bonds is 5. The number of aldehydes is 1. The highest BCUT2D eigenvalue weighted by molar-refractivity contribution is 5.90. The van der Waals surface area contributed by atoms with Gasteiger partial charge in [-0.2, -0.15) is 0 Å². The van der Waals surface area contributed by atoms with E-state index in [0.717, 1.165) is 6.29 Å². The average molecular weight is 258 g/mol. The first-order valence-corrected chi connectivity index (χ1v) is 5.88. The second kappa shape index (κ2) is 5.86. The van der Waals surface area contributed by atoms with Crippen LogP contribution in [0.4, 0.5) is 5.69 Å². The molecule has 19 heavy (non-hydrogen) atoms. The monoisotopic (exact) mass is 258 g/mol. The number of anilines is 1. The lowest BCUT2D eigenvalue weighted by molar-refractivity contribution is -0.116. The number of nitrogens with zero attached hydrogens (tertiary/aromatic N) is 1. The molecule has 0 unspecified atom stereocenters. The fraction of sp³-hybridized carbons (Fsp3) is 0.143. The van der Waals surface area contributed by atoms with Crippen LogP contribution in [0, 0.1) is 0 Å². The largest absolute Gasteiger partial charge is 0.508 e. The summed E-state index contributed by atoms with van der Waals surface area (Å²) in [6.45, 7) is 0.449. The number of aryl methyl sites for hydroxylation is 1. The van der Waals surface area contributed by atoms with Crippen LogP contribution in [-0.4, -0.2) is 21.9 Å². The first-order valence-electron chi connectivity index (χ1n) is 5.88. The van der Waals surface area contributed by atoms with Crippen LogP contribution in [0.25, 0.3) is 0 Å². The summed E-state index contributed by atoms with van der Waals surface area (Å²) in [4.78, 5) is 22.4. The molecule has 1 heterocycles. The van der Waals surface area contributed by atoms with Gasteiger partial charge < -0.3 is 15.0 Å². The molecule has 98 valence electrons. The van der Waals surface area contributed by atoms with Gasteiger partial charge in [0.25, 0.3) is 0 Å². The number of amides is 1. The number of benzene rings is 1. The van der Waals surface area contributed by atoms with Crippen molar-refractivity contribution < 1.29 is 14.7 Å². The number of hydrogen-bond donors (Lipinski definition) is 2. The normalized spacial score (nSPS) is 10.1. The van der Waals surface area contributed by atoms with Crippen LogP contribution in [0.1, 0.15) is 16.9 Å². The highest BCUT2D eigenvalue weighted by Crippen LogP contribution is 2.14. The van der Waals surface area contributed by atoms with Gasteiger partial charge in [-0.05, 0) is 36.4 Å². The van der Waals surface area contributed by atoms with Gasteiger partial charge >= 0.3 is 0 Å². The lowest BCUT2D eigenvalue weighted by atomic mass is 10.3. The van der Waals surface area contributed by atoms with Crippen LogP contribution in [0.15, 0.2) is 42.6 Å². The number of nitrogens with one attached hydrogen (secondary N) is 1. The van der Waals surface area contributed by atoms with Gasteiger partial charge in [0.2, 0.25) is 5.91 Å². The van der Waals surface area contributed by atoms with E-state index in [4.69, 9.17) is 5.11 Å². The third-order valence-electron chi connectivity index (χ3n) is 2.72. The predicted octanol–water partition coefficient (Wildman–Crippen LogP) is 2.03. The molecule has 2 aromatic rings. The summed E-state index contributed by atoms with van der Waals surface area (Å²) in [7, 11) is 0. The second-order valence-corrected chi connectivity index (χ2v) is 4.09. The summed E-state index contributed by atoms with van der Waals surface area (Å²) in [5, 5.41) is 11.8. The van der Waals surface area contributed by atoms with Crippen molar-refractivity contribution in [2.75, 3.05) is 5.32 Å². The molecule has 0 saturated carbocycles. The maximum absolute atomic E-state index is 11.7. The molecule has 0 atom stereocenters. The molecule has 0 radical (unpaired) electrons. The molecule has 0 spiro atoms. The van der Waals surface area contributed by atoms with E-state index < -0.39 is 0 Å². The van der Waals surface area contributed by atoms with Crippen LogP contribution < -0.4 is 5.32 Å². The van der Waals surface area contributed by atoms with E-state index >= 15 is 0 Å². The van der Waals surface area contributed by atoms with E-state index in [0.29, 0.717) is 17.9 Å². The van der Waals surface area contributed by atoms with E-state index in [9.17, 15) is 9.59 Å². The van der Waals surface area contributed by atoms with Crippen LogP contribution in [0.5, 0.6) is 5.75 Å². The van der Waals surface area contributed by atoms with Crippen molar-refractivity contribution in [3.63, 3.8) is 0 Å². The standard InChI is InChI=1S/C14H14N2O3/c17-10-12-2-1-8-16(12)9-7-14(19)15-11-3-5-13(18)6-4-11/h1-6,8,10,18H,7,9H2,(H,15,19). The zero-order chi connectivity index (χ0) is 13.7. The molecule has 0 aliphatic carbocycles. The minimum absolute atomic E-state index is 0.142. The Labute approximate surface area is 110 Å². The Morgan fingerprint density at radius 3 is 2.68 bits per heavy atom. The zero-order valence-corrected chi connectivity index (χ0v) is 10.2. The van der Waals surface area contributed by atoms with E-state index in [1.165, 1.54) is 12.1 Å². The van der Waals surface area contributed by atoms with Crippen molar-refractivity contribution in [2.24, 2.45) is 0 Å². The van der Waals surface area contributed by atoms with E-state index in [1.807, 2.05) is 0 Å². The van der Waals surface area contributed by atoms with Crippen molar-refractivity contribution >= 4 is 17.9 Å². The van der Waals surface area contributed by atoms with E-state index in [-0.39, 0.29) is 18.1 Å². The van der Waals surface area contributed by atoms with Gasteiger partial charge in [-0.25, -0.2) is 0 Å². The van der Waals surface area contributed by atoms with Gasteiger partial charge in [-0.1, -0.05) is 0 Å². The summed E-state index contributed by atoms with van der Waals surface area (Å²) in [5.74, 6) is 0.0113. The predicted molar refractivity (Wildman–Crippen MR) is 71.2 cm³/mol. The Hall–Kier alpha value is -2.56. The minimum atomic E-state index is -0.142. The van der Waals surface area contributed by atoms with Crippen molar-refractivity contribution in [1.29, 1.82) is 0 Å². The Morgan fingerprint density at radius 1 is 1.26 bits per heavy atom. The molecule has 1 aromatic carbocycles. The number of phenolic OH excluding ortho intramolecular Hbond substituents is 1. The fourth-order valence-electron chi connectivity index (χ4n) is 1.73. The SMILES string of the molecule is O=Cc1cccn1CCC(=O)Nc1ccc(O)cc1. The number of phenols is 1. The molecule has 0 fully saturated rings. The number of hydrogen-bond acceptors (Lipinski definition) is 3. The van der Waals surface area contributed by atoms with Crippen LogP contribution >= 0.6 is 0 Å². The van der Waals surface area contributed by atoms with E-state index in [2.05, 4.69) is 5.32 Å². The molecular formula is C14H14N2O3. The second-order valence-electron chi connectivity index (χ2n) is 4.09. The lowest BCUT2D eigenvalue weighted by Crippen LogP contribution is -2.14. The molecule has 0 saturated heterocycles. The van der Waals surface area contributed by atoms with Gasteiger partial charge in [-0.15, -0.1) is 0 Å². The van der Waals surface area contributed by atoms with Gasteiger partial charge in [0.15, 0.2) is 6.29 Å². The number of aromatic nitrogens is 1. The first kappa shape index (κ1) is 12.9. The van der Waals surface area contributed by atoms with Crippen molar-refractivity contribution in [3.05, 3.63) is 48.3 Å². The fourth-order valence-corrected chi connectivity index (χ4v) is 1.73. The summed E-state index contributed by atoms with van der Waals surface area (Å²) in [6, 6.07) is 9.73. The molecule has 1 amide bonds. The summed E-state index contributed by atoms with van der Waals surface area (Å²) in [5.41, 5.74) is 1.18. The molecule has 0 aliphatic rings. The summed E-state index contributed by atoms with van der Waals surface area (Å²) in [6.07, 6.45) is 2.80. The Bertz CT molecular complexity index is 573. The van der Waals surface area contributed by atoms with Crippen molar-refractivity contribution in [1.82, 2.24) is 4.57 Å². The highest BCUT2D eigenvalue weighted by atomic mass is 16.3. The quantitative estimate of drug-likeness (QED) is 0.636. The molecule has 2 N–H and O–H groups in total. The zero-order valence-electron chi connectivity index (χ0n) is 10.2. The maximum Gasteiger partial charge on any atom is 0.226 e. The summed E-state index contributed by atoms with van der Waals surface area (Å²) < 4.78 is 1.73. The molecule has 5 nitrogen and oxygen atoms in total. The Balaban J connectivity index is 1.88. The molecule has 0 aliphatic heterocycles. The van der Waals surface area contributed by atoms with Crippen LogP contribution in [0.3, 0.4) is 0 Å². The van der Waals surface area contributed by atoms with Crippen molar-refractivity contribution in [2.45, 2.75) is 13.0 Å². The third kappa shape index (κ3) is 3.45. The topological polar surface area (TPSA) is 71.3 Å². The first-order chi connectivity index (χ1) is 9.19. The lowest BCUT2D eigenvalue weighted by Gasteiger charge is -2.07. The molecule has 2 rings (SSSR count). The Morgan fingerprint density at radius 2 is 2.00 bits per heavy atom. The molecule has 0 bridgehead atoms. The number of carbonyl (C=O) groups excluding carboxylic acids is 2. The van der Waals surface area contributed by atoms with Crippen LogP contribution in [0.2, 0.25) is 0 Å². The molecule has 1 aromatic heterocycles. The Kier molecular flexibility index (Phi) is 3.97. The van der Waals surface area contributed by atoms with Crippen molar-refractivity contribution in [3.8, 4) is 5.75 Å². The van der Waals surface area contributed by atoms with E-state index in [1.54, 1.807) is 35.0 Å². The molecule has 5 heteroatoms. The third-order valence-corrected chi connectivity index (χ3v) is 2.72. The number of aromatic hydroxyl groups is 1. The smallest absolute Gasteiger partial charge is 0.226 e.